The van der Waals surface area contributed by atoms with E-state index >= 15 is 0 Å². The van der Waals surface area contributed by atoms with Gasteiger partial charge in [0.2, 0.25) is 17.7 Å². The molecule has 0 aliphatic heterocycles. The van der Waals surface area contributed by atoms with E-state index in [0.29, 0.717) is 17.3 Å². The maximum absolute atomic E-state index is 12.0. The third kappa shape index (κ3) is 4.44. The fourth-order valence-corrected chi connectivity index (χ4v) is 1.98. The van der Waals surface area contributed by atoms with Gasteiger partial charge in [-0.05, 0) is 17.7 Å². The molecule has 122 valence electrons. The minimum atomic E-state index is -0.531. The van der Waals surface area contributed by atoms with Crippen LogP contribution in [0.15, 0.2) is 24.3 Å². The molecule has 0 radical (unpaired) electrons. The average Bonchev–Trinajstić information content (AvgIpc) is 2.54. The van der Waals surface area contributed by atoms with Crippen LogP contribution in [0.3, 0.4) is 0 Å². The molecule has 0 spiro atoms. The fraction of sp³-hybridized carbons (Fsp3) is 0.214. The number of nitrogens with two attached hydrogens (primary N) is 1. The third-order valence-electron chi connectivity index (χ3n) is 2.85. The van der Waals surface area contributed by atoms with Gasteiger partial charge < -0.3 is 20.5 Å². The summed E-state index contributed by atoms with van der Waals surface area (Å²) in [6, 6.07) is 6.01. The van der Waals surface area contributed by atoms with Crippen molar-refractivity contribution in [3.05, 3.63) is 34.9 Å². The van der Waals surface area contributed by atoms with Crippen molar-refractivity contribution in [2.75, 3.05) is 24.9 Å². The second-order valence-electron chi connectivity index (χ2n) is 4.37. The van der Waals surface area contributed by atoms with E-state index in [-0.39, 0.29) is 17.7 Å². The van der Waals surface area contributed by atoms with Crippen molar-refractivity contribution in [1.29, 1.82) is 0 Å². The highest BCUT2D eigenvalue weighted by Crippen LogP contribution is 2.21. The van der Waals surface area contributed by atoms with Gasteiger partial charge in [-0.3, -0.25) is 5.32 Å². The quantitative estimate of drug-likeness (QED) is 0.771. The molecule has 2 rings (SSSR count). The van der Waals surface area contributed by atoms with Crippen LogP contribution in [0.2, 0.25) is 5.02 Å². The van der Waals surface area contributed by atoms with Crippen LogP contribution in [0.1, 0.15) is 5.56 Å². The molecule has 9 heteroatoms. The van der Waals surface area contributed by atoms with Crippen molar-refractivity contribution < 1.29 is 14.3 Å². The minimum Gasteiger partial charge on any atom is -0.481 e. The number of carbonyl (C=O) groups is 1. The van der Waals surface area contributed by atoms with Gasteiger partial charge >= 0.3 is 6.03 Å². The molecule has 1 aromatic heterocycles. The second-order valence-corrected chi connectivity index (χ2v) is 4.77. The summed E-state index contributed by atoms with van der Waals surface area (Å²) >= 11 is 6.04. The number of ether oxygens (including phenoxy) is 2. The number of nitrogens with zero attached hydrogens (tertiary/aromatic N) is 2. The number of urea groups is 1. The Morgan fingerprint density at radius 1 is 1.17 bits per heavy atom. The van der Waals surface area contributed by atoms with Crippen LogP contribution >= 0.6 is 11.6 Å². The van der Waals surface area contributed by atoms with E-state index in [1.54, 1.807) is 18.2 Å². The maximum atomic E-state index is 12.0. The molecule has 4 N–H and O–H groups in total. The Morgan fingerprint density at radius 2 is 1.83 bits per heavy atom. The molecule has 23 heavy (non-hydrogen) atoms. The lowest BCUT2D eigenvalue weighted by atomic mass is 10.2. The molecule has 0 unspecified atom stereocenters. The van der Waals surface area contributed by atoms with Gasteiger partial charge in [-0.25, -0.2) is 4.79 Å². The van der Waals surface area contributed by atoms with E-state index in [9.17, 15) is 4.79 Å². The van der Waals surface area contributed by atoms with E-state index in [4.69, 9.17) is 26.8 Å². The number of carbonyl (C=O) groups excluding carboxylic acids is 1. The average molecular weight is 338 g/mol. The minimum absolute atomic E-state index is 0.0448. The van der Waals surface area contributed by atoms with Crippen LogP contribution in [0.4, 0.5) is 16.4 Å². The molecule has 0 aliphatic rings. The number of aromatic nitrogens is 2. The standard InChI is InChI=1S/C14H16ClN5O3/c1-22-11-6-12(23-2)19-13(18-11)20-14(21)17-9-4-3-8(7-16)10(15)5-9/h3-6H,7,16H2,1-2H3,(H2,17,18,19,20,21). The van der Waals surface area contributed by atoms with Crippen LogP contribution in [-0.4, -0.2) is 30.2 Å². The lowest BCUT2D eigenvalue weighted by Crippen LogP contribution is -2.21. The Morgan fingerprint density at radius 3 is 2.35 bits per heavy atom. The smallest absolute Gasteiger partial charge is 0.326 e. The van der Waals surface area contributed by atoms with Crippen molar-refractivity contribution in [1.82, 2.24) is 9.97 Å². The molecule has 0 atom stereocenters. The number of rotatable bonds is 5. The molecule has 0 aliphatic carbocycles. The zero-order valence-electron chi connectivity index (χ0n) is 12.6. The highest BCUT2D eigenvalue weighted by atomic mass is 35.5. The van der Waals surface area contributed by atoms with Gasteiger partial charge in [-0.1, -0.05) is 17.7 Å². The van der Waals surface area contributed by atoms with E-state index < -0.39 is 6.03 Å². The van der Waals surface area contributed by atoms with E-state index in [2.05, 4.69) is 20.6 Å². The highest BCUT2D eigenvalue weighted by Gasteiger charge is 2.10. The van der Waals surface area contributed by atoms with Crippen LogP contribution in [0.25, 0.3) is 0 Å². The maximum Gasteiger partial charge on any atom is 0.326 e. The molecule has 2 aromatic rings. The summed E-state index contributed by atoms with van der Waals surface area (Å²) < 4.78 is 10.0. The first kappa shape index (κ1) is 16.8. The monoisotopic (exact) mass is 337 g/mol. The first-order chi connectivity index (χ1) is 11.0. The van der Waals surface area contributed by atoms with Gasteiger partial charge in [0.15, 0.2) is 0 Å². The SMILES string of the molecule is COc1cc(OC)nc(NC(=O)Nc2ccc(CN)c(Cl)c2)n1. The number of amides is 2. The first-order valence-electron chi connectivity index (χ1n) is 6.59. The van der Waals surface area contributed by atoms with Gasteiger partial charge in [-0.2, -0.15) is 9.97 Å². The Labute approximate surface area is 138 Å². The summed E-state index contributed by atoms with van der Waals surface area (Å²) in [5.74, 6) is 0.577. The summed E-state index contributed by atoms with van der Waals surface area (Å²) in [6.45, 7) is 0.322. The third-order valence-corrected chi connectivity index (χ3v) is 3.21. The van der Waals surface area contributed by atoms with Crippen LogP contribution in [0, 0.1) is 0 Å². The highest BCUT2D eigenvalue weighted by molar-refractivity contribution is 6.31. The Kier molecular flexibility index (Phi) is 5.56. The molecule has 8 nitrogen and oxygen atoms in total. The summed E-state index contributed by atoms with van der Waals surface area (Å²) in [4.78, 5) is 20.0. The lowest BCUT2D eigenvalue weighted by molar-refractivity contribution is 0.262. The molecule has 0 fully saturated rings. The fourth-order valence-electron chi connectivity index (χ4n) is 1.72. The van der Waals surface area contributed by atoms with Crippen molar-refractivity contribution in [3.63, 3.8) is 0 Å². The van der Waals surface area contributed by atoms with E-state index in [1.807, 2.05) is 0 Å². The summed E-state index contributed by atoms with van der Waals surface area (Å²) in [5.41, 5.74) is 6.84. The van der Waals surface area contributed by atoms with E-state index in [1.165, 1.54) is 20.3 Å². The Hall–Kier alpha value is -2.58. The van der Waals surface area contributed by atoms with Crippen molar-refractivity contribution in [3.8, 4) is 11.8 Å². The molecular weight excluding hydrogens is 322 g/mol. The molecule has 1 heterocycles. The summed E-state index contributed by atoms with van der Waals surface area (Å²) in [7, 11) is 2.90. The van der Waals surface area contributed by atoms with Gasteiger partial charge in [0.1, 0.15) is 0 Å². The zero-order valence-corrected chi connectivity index (χ0v) is 13.3. The first-order valence-corrected chi connectivity index (χ1v) is 6.97. The zero-order chi connectivity index (χ0) is 16.8. The van der Waals surface area contributed by atoms with Gasteiger partial charge in [0.05, 0.1) is 20.3 Å². The van der Waals surface area contributed by atoms with Crippen LogP contribution in [-0.2, 0) is 6.54 Å². The number of hydrogen-bond acceptors (Lipinski definition) is 6. The Balaban J connectivity index is 2.09. The van der Waals surface area contributed by atoms with Crippen molar-refractivity contribution in [2.24, 2.45) is 5.73 Å². The molecule has 0 saturated heterocycles. The molecule has 1 aromatic carbocycles. The number of hydrogen-bond donors (Lipinski definition) is 3. The van der Waals surface area contributed by atoms with Gasteiger partial charge in [0.25, 0.3) is 0 Å². The molecule has 0 bridgehead atoms. The van der Waals surface area contributed by atoms with Crippen LogP contribution in [0.5, 0.6) is 11.8 Å². The number of benzene rings is 1. The summed E-state index contributed by atoms with van der Waals surface area (Å²) in [6.07, 6.45) is 0. The normalized spacial score (nSPS) is 10.1. The van der Waals surface area contributed by atoms with Crippen LogP contribution < -0.4 is 25.8 Å². The molecular formula is C14H16ClN5O3. The van der Waals surface area contributed by atoms with Crippen molar-refractivity contribution in [2.45, 2.75) is 6.54 Å². The largest absolute Gasteiger partial charge is 0.481 e. The van der Waals surface area contributed by atoms with E-state index in [0.717, 1.165) is 5.56 Å². The predicted molar refractivity (Wildman–Crippen MR) is 87.1 cm³/mol. The topological polar surface area (TPSA) is 111 Å². The number of anilines is 2. The molecule has 2 amide bonds. The van der Waals surface area contributed by atoms with Crippen molar-refractivity contribution >= 4 is 29.3 Å². The molecule has 0 saturated carbocycles. The second kappa shape index (κ2) is 7.61. The summed E-state index contributed by atoms with van der Waals surface area (Å²) in [5, 5.41) is 5.58. The number of methoxy groups -OCH3 is 2. The van der Waals surface area contributed by atoms with Gasteiger partial charge in [0, 0.05) is 17.3 Å². The van der Waals surface area contributed by atoms with Gasteiger partial charge in [-0.15, -0.1) is 0 Å². The Bertz CT molecular complexity index is 689. The number of nitrogens with one attached hydrogen (secondary N) is 2. The lowest BCUT2D eigenvalue weighted by Gasteiger charge is -2.10. The predicted octanol–water partition coefficient (Wildman–Crippen LogP) is 2.25. The number of halogens is 1.